The van der Waals surface area contributed by atoms with E-state index in [1.165, 1.54) is 7.11 Å². The fraction of sp³-hybridized carbons (Fsp3) is 0.571. The van der Waals surface area contributed by atoms with Crippen LogP contribution >= 0.6 is 0 Å². The Morgan fingerprint density at radius 2 is 2.36 bits per heavy atom. The van der Waals surface area contributed by atoms with Crippen LogP contribution in [0.4, 0.5) is 0 Å². The van der Waals surface area contributed by atoms with Crippen LogP contribution < -0.4 is 0 Å². The van der Waals surface area contributed by atoms with Crippen LogP contribution in [-0.2, 0) is 9.63 Å². The van der Waals surface area contributed by atoms with Crippen molar-refractivity contribution in [1.29, 1.82) is 0 Å². The number of amides is 1. The molecule has 0 aliphatic carbocycles. The van der Waals surface area contributed by atoms with E-state index < -0.39 is 5.91 Å². The summed E-state index contributed by atoms with van der Waals surface area (Å²) in [4.78, 5) is 15.5. The second-order valence-electron chi connectivity index (χ2n) is 1.69. The zero-order chi connectivity index (χ0) is 8.69. The van der Waals surface area contributed by atoms with Gasteiger partial charge in [0.2, 0.25) is 0 Å². The van der Waals surface area contributed by atoms with Crippen molar-refractivity contribution in [1.82, 2.24) is 5.06 Å². The summed E-state index contributed by atoms with van der Waals surface area (Å²) < 4.78 is 0. The van der Waals surface area contributed by atoms with Crippen molar-refractivity contribution in [2.45, 2.75) is 6.92 Å². The Bertz CT molecular complexity index is 180. The van der Waals surface area contributed by atoms with Crippen molar-refractivity contribution >= 4 is 5.91 Å². The van der Waals surface area contributed by atoms with Gasteiger partial charge in [-0.05, 0) is 12.8 Å². The summed E-state index contributed by atoms with van der Waals surface area (Å²) in [6.07, 6.45) is 0. The molecular weight excluding hydrogens is 146 g/mol. The minimum atomic E-state index is -0.441. The topological polar surface area (TPSA) is 49.8 Å². The molecule has 0 bridgehead atoms. The largest absolute Gasteiger partial charge is 0.394 e. The fourth-order valence-electron chi connectivity index (χ4n) is 0.536. The molecule has 0 aromatic carbocycles. The smallest absolute Gasteiger partial charge is 0.322 e. The van der Waals surface area contributed by atoms with E-state index in [-0.39, 0.29) is 13.2 Å². The number of aliphatic hydroxyl groups is 1. The third kappa shape index (κ3) is 3.61. The Morgan fingerprint density at radius 3 is 2.73 bits per heavy atom. The summed E-state index contributed by atoms with van der Waals surface area (Å²) in [5.41, 5.74) is 0. The van der Waals surface area contributed by atoms with E-state index in [0.717, 1.165) is 5.06 Å². The van der Waals surface area contributed by atoms with Crippen LogP contribution in [0.15, 0.2) is 0 Å². The number of rotatable bonds is 3. The van der Waals surface area contributed by atoms with Crippen molar-refractivity contribution in [2.24, 2.45) is 0 Å². The van der Waals surface area contributed by atoms with E-state index in [4.69, 9.17) is 5.11 Å². The van der Waals surface area contributed by atoms with Gasteiger partial charge in [0, 0.05) is 0 Å². The number of nitrogens with zero attached hydrogens (tertiary/aromatic N) is 1. The van der Waals surface area contributed by atoms with Crippen molar-refractivity contribution in [2.75, 3.05) is 20.3 Å². The van der Waals surface area contributed by atoms with Crippen molar-refractivity contribution < 1.29 is 14.7 Å². The van der Waals surface area contributed by atoms with Gasteiger partial charge >= 0.3 is 5.91 Å². The van der Waals surface area contributed by atoms with Gasteiger partial charge in [-0.15, -0.1) is 0 Å². The SMILES string of the molecule is CC#CC(=O)N(CCO)OC. The normalized spacial score (nSPS) is 8.27. The van der Waals surface area contributed by atoms with Crippen LogP contribution in [0.2, 0.25) is 0 Å². The van der Waals surface area contributed by atoms with Crippen LogP contribution in [0.1, 0.15) is 6.92 Å². The third-order valence-corrected chi connectivity index (χ3v) is 0.982. The van der Waals surface area contributed by atoms with E-state index in [1.54, 1.807) is 6.92 Å². The van der Waals surface area contributed by atoms with E-state index >= 15 is 0 Å². The van der Waals surface area contributed by atoms with Gasteiger partial charge in [0.15, 0.2) is 0 Å². The molecule has 1 amide bonds. The Labute approximate surface area is 65.7 Å². The average molecular weight is 157 g/mol. The molecule has 0 rings (SSSR count). The second kappa shape index (κ2) is 5.71. The van der Waals surface area contributed by atoms with E-state index in [2.05, 4.69) is 16.7 Å². The number of carbonyl (C=O) groups is 1. The Hall–Kier alpha value is -1.05. The fourth-order valence-corrected chi connectivity index (χ4v) is 0.536. The number of hydrogen-bond acceptors (Lipinski definition) is 3. The molecule has 0 saturated carbocycles. The lowest BCUT2D eigenvalue weighted by molar-refractivity contribution is -0.171. The van der Waals surface area contributed by atoms with E-state index in [1.807, 2.05) is 0 Å². The molecule has 0 spiro atoms. The van der Waals surface area contributed by atoms with Crippen LogP contribution in [-0.4, -0.2) is 36.3 Å². The first-order chi connectivity index (χ1) is 5.26. The van der Waals surface area contributed by atoms with Crippen LogP contribution in [0.5, 0.6) is 0 Å². The molecule has 0 fully saturated rings. The van der Waals surface area contributed by atoms with E-state index in [0.29, 0.717) is 0 Å². The van der Waals surface area contributed by atoms with Gasteiger partial charge in [-0.1, -0.05) is 5.92 Å². The molecule has 0 aliphatic heterocycles. The maximum Gasteiger partial charge on any atom is 0.322 e. The predicted octanol–water partition coefficient (Wildman–Crippen LogP) is -0.608. The van der Waals surface area contributed by atoms with Gasteiger partial charge in [-0.25, -0.2) is 5.06 Å². The minimum Gasteiger partial charge on any atom is -0.394 e. The highest BCUT2D eigenvalue weighted by molar-refractivity contribution is 5.92. The van der Waals surface area contributed by atoms with Crippen molar-refractivity contribution in [3.63, 3.8) is 0 Å². The molecule has 0 unspecified atom stereocenters. The Balaban J connectivity index is 3.98. The number of aliphatic hydroxyl groups excluding tert-OH is 1. The zero-order valence-electron chi connectivity index (χ0n) is 6.63. The molecule has 0 aromatic heterocycles. The molecule has 1 N–H and O–H groups in total. The molecule has 0 aromatic rings. The predicted molar refractivity (Wildman–Crippen MR) is 39.3 cm³/mol. The van der Waals surface area contributed by atoms with Gasteiger partial charge in [0.1, 0.15) is 0 Å². The standard InChI is InChI=1S/C7H11NO3/c1-3-4-7(10)8(11-2)5-6-9/h9H,5-6H2,1-2H3. The molecule has 0 atom stereocenters. The summed E-state index contributed by atoms with van der Waals surface area (Å²) in [6.45, 7) is 1.57. The third-order valence-electron chi connectivity index (χ3n) is 0.982. The molecule has 0 aliphatic rings. The van der Waals surface area contributed by atoms with Crippen LogP contribution in [0.3, 0.4) is 0 Å². The Kier molecular flexibility index (Phi) is 5.17. The lowest BCUT2D eigenvalue weighted by Crippen LogP contribution is -2.31. The van der Waals surface area contributed by atoms with Gasteiger partial charge in [0.25, 0.3) is 0 Å². The maximum atomic E-state index is 10.9. The quantitative estimate of drug-likeness (QED) is 0.439. The summed E-state index contributed by atoms with van der Waals surface area (Å²) in [5, 5.41) is 9.46. The number of carbonyl (C=O) groups excluding carboxylic acids is 1. The highest BCUT2D eigenvalue weighted by Gasteiger charge is 2.07. The first-order valence-electron chi connectivity index (χ1n) is 3.15. The number of hydroxylamine groups is 2. The summed E-state index contributed by atoms with van der Waals surface area (Å²) in [5.74, 6) is 4.28. The molecule has 62 valence electrons. The molecule has 4 heteroatoms. The van der Waals surface area contributed by atoms with E-state index in [9.17, 15) is 4.79 Å². The summed E-state index contributed by atoms with van der Waals surface area (Å²) >= 11 is 0. The first-order valence-corrected chi connectivity index (χ1v) is 3.15. The van der Waals surface area contributed by atoms with Crippen LogP contribution in [0.25, 0.3) is 0 Å². The molecule has 0 heterocycles. The lowest BCUT2D eigenvalue weighted by Gasteiger charge is -2.14. The first kappa shape index (κ1) is 9.95. The highest BCUT2D eigenvalue weighted by atomic mass is 16.7. The zero-order valence-corrected chi connectivity index (χ0v) is 6.63. The highest BCUT2D eigenvalue weighted by Crippen LogP contribution is 1.87. The average Bonchev–Trinajstić information content (AvgIpc) is 2.00. The molecular formula is C7H11NO3. The van der Waals surface area contributed by atoms with Gasteiger partial charge < -0.3 is 5.11 Å². The molecule has 11 heavy (non-hydrogen) atoms. The van der Waals surface area contributed by atoms with Gasteiger partial charge in [-0.3, -0.25) is 9.63 Å². The summed E-state index contributed by atoms with van der Waals surface area (Å²) in [7, 11) is 1.35. The molecule has 4 nitrogen and oxygen atoms in total. The van der Waals surface area contributed by atoms with Gasteiger partial charge in [-0.2, -0.15) is 0 Å². The van der Waals surface area contributed by atoms with Crippen molar-refractivity contribution in [3.05, 3.63) is 0 Å². The van der Waals surface area contributed by atoms with Gasteiger partial charge in [0.05, 0.1) is 20.3 Å². The second-order valence-corrected chi connectivity index (χ2v) is 1.69. The molecule has 0 radical (unpaired) electrons. The maximum absolute atomic E-state index is 10.9. The molecule has 0 saturated heterocycles. The summed E-state index contributed by atoms with van der Waals surface area (Å²) in [6, 6.07) is 0. The monoisotopic (exact) mass is 157 g/mol. The van der Waals surface area contributed by atoms with Crippen molar-refractivity contribution in [3.8, 4) is 11.8 Å². The Morgan fingerprint density at radius 1 is 1.73 bits per heavy atom. The minimum absolute atomic E-state index is 0.134. The van der Waals surface area contributed by atoms with Crippen LogP contribution in [0, 0.1) is 11.8 Å². The lowest BCUT2D eigenvalue weighted by atomic mass is 10.5. The number of hydrogen-bond donors (Lipinski definition) is 1.